The first kappa shape index (κ1) is 13.3. The summed E-state index contributed by atoms with van der Waals surface area (Å²) in [5.41, 5.74) is 5.61. The Morgan fingerprint density at radius 1 is 1.62 bits per heavy atom. The zero-order valence-corrected chi connectivity index (χ0v) is 10.6. The van der Waals surface area contributed by atoms with Crippen molar-refractivity contribution < 1.29 is 4.74 Å². The Labute approximate surface area is 98.6 Å². The van der Waals surface area contributed by atoms with Crippen LogP contribution in [0.5, 0.6) is 0 Å². The maximum absolute atomic E-state index is 11.4. The Hall–Kier alpha value is -0.790. The van der Waals surface area contributed by atoms with E-state index in [2.05, 4.69) is 10.2 Å². The van der Waals surface area contributed by atoms with Crippen molar-refractivity contribution in [3.8, 4) is 0 Å². The Morgan fingerprint density at radius 3 is 2.88 bits per heavy atom. The van der Waals surface area contributed by atoms with E-state index in [1.54, 1.807) is 11.7 Å². The lowest BCUT2D eigenvalue weighted by Crippen LogP contribution is -2.28. The number of ether oxygens (including phenoxy) is 1. The van der Waals surface area contributed by atoms with Crippen molar-refractivity contribution in [3.63, 3.8) is 0 Å². The molecule has 6 nitrogen and oxygen atoms in total. The molecule has 0 bridgehead atoms. The molecule has 1 rings (SSSR count). The van der Waals surface area contributed by atoms with E-state index >= 15 is 0 Å². The fourth-order valence-corrected chi connectivity index (χ4v) is 2.29. The molecule has 3 N–H and O–H groups in total. The molecule has 0 aliphatic rings. The van der Waals surface area contributed by atoms with Crippen LogP contribution in [0.15, 0.2) is 9.95 Å². The molecule has 0 saturated carbocycles. The maximum Gasteiger partial charge on any atom is 0.344 e. The average molecular weight is 246 g/mol. The van der Waals surface area contributed by atoms with Crippen molar-refractivity contribution in [3.05, 3.63) is 10.5 Å². The summed E-state index contributed by atoms with van der Waals surface area (Å²) in [5.74, 6) is 0.671. The minimum absolute atomic E-state index is 0.0533. The number of rotatable bonds is 6. The van der Waals surface area contributed by atoms with E-state index in [9.17, 15) is 4.79 Å². The number of nitrogens with one attached hydrogen (secondary N) is 1. The van der Waals surface area contributed by atoms with Crippen molar-refractivity contribution in [1.82, 2.24) is 14.8 Å². The molecule has 1 aromatic rings. The molecule has 1 unspecified atom stereocenters. The van der Waals surface area contributed by atoms with Gasteiger partial charge in [0.1, 0.15) is 0 Å². The highest BCUT2D eigenvalue weighted by atomic mass is 32.2. The highest BCUT2D eigenvalue weighted by Gasteiger charge is 2.13. The predicted molar refractivity (Wildman–Crippen MR) is 63.8 cm³/mol. The summed E-state index contributed by atoms with van der Waals surface area (Å²) >= 11 is 1.46. The van der Waals surface area contributed by atoms with Gasteiger partial charge in [-0.3, -0.25) is 4.57 Å². The normalized spacial score (nSPS) is 13.3. The van der Waals surface area contributed by atoms with Crippen LogP contribution in [-0.2, 0) is 4.74 Å². The standard InChI is InChI=1S/C9H18N4O2S/c1-6(2)13-8(14)11-12-9(13)16-5-7(10)4-15-3/h6-7H,4-5,10H2,1-3H3,(H,11,14). The SMILES string of the molecule is COCC(N)CSc1n[nH]c(=O)n1C(C)C. The number of nitrogens with two attached hydrogens (primary N) is 1. The molecule has 7 heteroatoms. The Morgan fingerprint density at radius 2 is 2.31 bits per heavy atom. The van der Waals surface area contributed by atoms with E-state index in [1.807, 2.05) is 13.8 Å². The number of methoxy groups -OCH3 is 1. The largest absolute Gasteiger partial charge is 0.383 e. The zero-order valence-electron chi connectivity index (χ0n) is 9.77. The van der Waals surface area contributed by atoms with E-state index in [0.717, 1.165) is 0 Å². The van der Waals surface area contributed by atoms with Gasteiger partial charge in [-0.2, -0.15) is 0 Å². The molecule has 0 amide bonds. The molecule has 0 aliphatic heterocycles. The second-order valence-corrected chi connectivity index (χ2v) is 4.79. The highest BCUT2D eigenvalue weighted by molar-refractivity contribution is 7.99. The molecule has 1 atom stereocenters. The number of aromatic nitrogens is 3. The second-order valence-electron chi connectivity index (χ2n) is 3.80. The number of hydrogen-bond donors (Lipinski definition) is 2. The average Bonchev–Trinajstić information content (AvgIpc) is 2.57. The van der Waals surface area contributed by atoms with Gasteiger partial charge in [0.15, 0.2) is 5.16 Å². The van der Waals surface area contributed by atoms with Gasteiger partial charge in [-0.05, 0) is 13.8 Å². The van der Waals surface area contributed by atoms with E-state index in [0.29, 0.717) is 17.5 Å². The Bertz CT molecular complexity index is 374. The molecule has 0 saturated heterocycles. The number of aromatic amines is 1. The maximum atomic E-state index is 11.4. The van der Waals surface area contributed by atoms with Crippen LogP contribution >= 0.6 is 11.8 Å². The van der Waals surface area contributed by atoms with Gasteiger partial charge in [0, 0.05) is 24.9 Å². The molecular formula is C9H18N4O2S. The van der Waals surface area contributed by atoms with Gasteiger partial charge in [-0.15, -0.1) is 5.10 Å². The Balaban J connectivity index is 2.64. The minimum atomic E-state index is -0.183. The second kappa shape index (κ2) is 6.07. The van der Waals surface area contributed by atoms with E-state index in [-0.39, 0.29) is 17.8 Å². The summed E-state index contributed by atoms with van der Waals surface area (Å²) in [6.07, 6.45) is 0. The smallest absolute Gasteiger partial charge is 0.344 e. The lowest BCUT2D eigenvalue weighted by molar-refractivity contribution is 0.186. The predicted octanol–water partition coefficient (Wildman–Crippen LogP) is 0.218. The van der Waals surface area contributed by atoms with Crippen molar-refractivity contribution >= 4 is 11.8 Å². The van der Waals surface area contributed by atoms with Crippen LogP contribution in [0.2, 0.25) is 0 Å². The topological polar surface area (TPSA) is 85.9 Å². The van der Waals surface area contributed by atoms with Crippen LogP contribution in [0.3, 0.4) is 0 Å². The summed E-state index contributed by atoms with van der Waals surface area (Å²) < 4.78 is 6.56. The molecule has 16 heavy (non-hydrogen) atoms. The number of hydrogen-bond acceptors (Lipinski definition) is 5. The number of nitrogens with zero attached hydrogens (tertiary/aromatic N) is 2. The lowest BCUT2D eigenvalue weighted by Gasteiger charge is -2.11. The van der Waals surface area contributed by atoms with Crippen molar-refractivity contribution in [2.24, 2.45) is 5.73 Å². The van der Waals surface area contributed by atoms with Crippen molar-refractivity contribution in [2.75, 3.05) is 19.5 Å². The number of H-pyrrole nitrogens is 1. The van der Waals surface area contributed by atoms with Crippen molar-refractivity contribution in [1.29, 1.82) is 0 Å². The third-order valence-electron chi connectivity index (χ3n) is 2.00. The van der Waals surface area contributed by atoms with Crippen LogP contribution < -0.4 is 11.4 Å². The highest BCUT2D eigenvalue weighted by Crippen LogP contribution is 2.17. The fourth-order valence-electron chi connectivity index (χ4n) is 1.29. The molecule has 0 aliphatic carbocycles. The van der Waals surface area contributed by atoms with Crippen molar-refractivity contribution in [2.45, 2.75) is 31.1 Å². The van der Waals surface area contributed by atoms with Gasteiger partial charge in [0.05, 0.1) is 6.61 Å². The molecule has 1 heterocycles. The molecule has 92 valence electrons. The van der Waals surface area contributed by atoms with Crippen LogP contribution in [0.1, 0.15) is 19.9 Å². The molecular weight excluding hydrogens is 228 g/mol. The summed E-state index contributed by atoms with van der Waals surface area (Å²) in [4.78, 5) is 11.4. The van der Waals surface area contributed by atoms with E-state index in [1.165, 1.54) is 11.8 Å². The van der Waals surface area contributed by atoms with Crippen LogP contribution in [0.4, 0.5) is 0 Å². The lowest BCUT2D eigenvalue weighted by atomic mass is 10.4. The summed E-state index contributed by atoms with van der Waals surface area (Å²) in [5, 5.41) is 7.07. The fraction of sp³-hybridized carbons (Fsp3) is 0.778. The van der Waals surface area contributed by atoms with Crippen LogP contribution in [0.25, 0.3) is 0 Å². The third-order valence-corrected chi connectivity index (χ3v) is 3.14. The quantitative estimate of drug-likeness (QED) is 0.701. The van der Waals surface area contributed by atoms with Gasteiger partial charge < -0.3 is 10.5 Å². The Kier molecular flexibility index (Phi) is 5.04. The van der Waals surface area contributed by atoms with Gasteiger partial charge in [-0.1, -0.05) is 11.8 Å². The van der Waals surface area contributed by atoms with E-state index in [4.69, 9.17) is 10.5 Å². The minimum Gasteiger partial charge on any atom is -0.383 e. The first-order valence-electron chi connectivity index (χ1n) is 5.10. The molecule has 0 fully saturated rings. The first-order valence-corrected chi connectivity index (χ1v) is 6.09. The van der Waals surface area contributed by atoms with Gasteiger partial charge >= 0.3 is 5.69 Å². The summed E-state index contributed by atoms with van der Waals surface area (Å²) in [6.45, 7) is 4.38. The molecule has 0 spiro atoms. The third kappa shape index (κ3) is 3.36. The van der Waals surface area contributed by atoms with Gasteiger partial charge in [0.25, 0.3) is 0 Å². The van der Waals surface area contributed by atoms with Crippen LogP contribution in [0, 0.1) is 0 Å². The summed E-state index contributed by atoms with van der Waals surface area (Å²) in [6, 6.07) is 0.0369. The van der Waals surface area contributed by atoms with Gasteiger partial charge in [-0.25, -0.2) is 9.89 Å². The molecule has 0 aromatic carbocycles. The van der Waals surface area contributed by atoms with Crippen LogP contribution in [-0.4, -0.2) is 40.3 Å². The number of thioether (sulfide) groups is 1. The first-order chi connectivity index (χ1) is 7.56. The zero-order chi connectivity index (χ0) is 12.1. The monoisotopic (exact) mass is 246 g/mol. The molecule has 0 radical (unpaired) electrons. The van der Waals surface area contributed by atoms with E-state index < -0.39 is 0 Å². The molecule has 1 aromatic heterocycles. The van der Waals surface area contributed by atoms with Gasteiger partial charge in [0.2, 0.25) is 0 Å². The summed E-state index contributed by atoms with van der Waals surface area (Å²) in [7, 11) is 1.61.